The molecule has 0 aliphatic rings. The lowest BCUT2D eigenvalue weighted by Crippen LogP contribution is -2.44. The topological polar surface area (TPSA) is 59.2 Å². The number of hydrogen-bond donors (Lipinski definition) is 1. The van der Waals surface area contributed by atoms with Crippen molar-refractivity contribution in [3.8, 4) is 0 Å². The second-order valence-electron chi connectivity index (χ2n) is 4.62. The number of amides is 1. The van der Waals surface area contributed by atoms with Crippen LogP contribution in [0.5, 0.6) is 0 Å². The SMILES string of the molecule is CCC(C)(C)N(C)C(=O)c1cnc(N)c(Cl)c1. The monoisotopic (exact) mass is 255 g/mol. The lowest BCUT2D eigenvalue weighted by atomic mass is 9.99. The number of nitrogens with zero attached hydrogens (tertiary/aromatic N) is 2. The molecule has 2 N–H and O–H groups in total. The summed E-state index contributed by atoms with van der Waals surface area (Å²) < 4.78 is 0. The molecule has 94 valence electrons. The summed E-state index contributed by atoms with van der Waals surface area (Å²) in [5.41, 5.74) is 5.76. The first kappa shape index (κ1) is 13.8. The maximum absolute atomic E-state index is 12.2. The van der Waals surface area contributed by atoms with E-state index in [-0.39, 0.29) is 17.3 Å². The van der Waals surface area contributed by atoms with Crippen molar-refractivity contribution in [3.05, 3.63) is 22.8 Å². The molecule has 0 aromatic carbocycles. The molecule has 1 aromatic rings. The van der Waals surface area contributed by atoms with Crippen molar-refractivity contribution >= 4 is 23.3 Å². The van der Waals surface area contributed by atoms with Crippen molar-refractivity contribution in [3.63, 3.8) is 0 Å². The first-order valence-corrected chi connectivity index (χ1v) is 5.86. The minimum atomic E-state index is -0.203. The Balaban J connectivity index is 3.01. The Morgan fingerprint density at radius 2 is 2.18 bits per heavy atom. The predicted octanol–water partition coefficient (Wildman–Crippen LogP) is 2.58. The van der Waals surface area contributed by atoms with E-state index in [0.29, 0.717) is 10.6 Å². The molecule has 4 nitrogen and oxygen atoms in total. The number of carbonyl (C=O) groups excluding carboxylic acids is 1. The molecule has 1 amide bonds. The number of halogens is 1. The normalized spacial score (nSPS) is 11.4. The van der Waals surface area contributed by atoms with Gasteiger partial charge < -0.3 is 10.6 Å². The van der Waals surface area contributed by atoms with Crippen LogP contribution in [0.1, 0.15) is 37.6 Å². The quantitative estimate of drug-likeness (QED) is 0.903. The molecule has 5 heteroatoms. The van der Waals surface area contributed by atoms with Crippen LogP contribution in [-0.4, -0.2) is 28.4 Å². The van der Waals surface area contributed by atoms with Gasteiger partial charge in [-0.2, -0.15) is 0 Å². The van der Waals surface area contributed by atoms with Crippen LogP contribution in [0.15, 0.2) is 12.3 Å². The Bertz CT molecular complexity index is 432. The van der Waals surface area contributed by atoms with E-state index in [0.717, 1.165) is 6.42 Å². The Kier molecular flexibility index (Phi) is 3.98. The summed E-state index contributed by atoms with van der Waals surface area (Å²) in [6.45, 7) is 6.06. The molecule has 1 heterocycles. The number of hydrogen-bond acceptors (Lipinski definition) is 3. The van der Waals surface area contributed by atoms with Gasteiger partial charge in [-0.25, -0.2) is 4.98 Å². The minimum absolute atomic E-state index is 0.105. The van der Waals surface area contributed by atoms with Crippen LogP contribution in [0.4, 0.5) is 5.82 Å². The van der Waals surface area contributed by atoms with Gasteiger partial charge in [-0.1, -0.05) is 18.5 Å². The van der Waals surface area contributed by atoms with Gasteiger partial charge in [0.25, 0.3) is 5.91 Å². The molecule has 1 aromatic heterocycles. The Labute approximate surface area is 107 Å². The first-order chi connectivity index (χ1) is 7.79. The van der Waals surface area contributed by atoms with Crippen molar-refractivity contribution in [2.45, 2.75) is 32.7 Å². The molecule has 0 radical (unpaired) electrons. The molecule has 0 unspecified atom stereocenters. The van der Waals surface area contributed by atoms with Gasteiger partial charge in [0.15, 0.2) is 0 Å². The molecule has 0 fully saturated rings. The zero-order valence-electron chi connectivity index (χ0n) is 10.6. The standard InChI is InChI=1S/C12H18ClN3O/c1-5-12(2,3)16(4)11(17)8-6-9(13)10(14)15-7-8/h6-7H,5H2,1-4H3,(H2,14,15). The third kappa shape index (κ3) is 2.88. The van der Waals surface area contributed by atoms with Gasteiger partial charge in [0, 0.05) is 18.8 Å². The van der Waals surface area contributed by atoms with Gasteiger partial charge in [-0.3, -0.25) is 4.79 Å². The Morgan fingerprint density at radius 1 is 1.59 bits per heavy atom. The number of rotatable bonds is 3. The number of aromatic nitrogens is 1. The average molecular weight is 256 g/mol. The van der Waals surface area contributed by atoms with E-state index in [1.807, 2.05) is 20.8 Å². The van der Waals surface area contributed by atoms with E-state index in [2.05, 4.69) is 4.98 Å². The number of carbonyl (C=O) groups is 1. The van der Waals surface area contributed by atoms with Crippen LogP contribution < -0.4 is 5.73 Å². The Morgan fingerprint density at radius 3 is 2.65 bits per heavy atom. The molecular weight excluding hydrogens is 238 g/mol. The first-order valence-electron chi connectivity index (χ1n) is 5.48. The van der Waals surface area contributed by atoms with Crippen molar-refractivity contribution in [1.29, 1.82) is 0 Å². The van der Waals surface area contributed by atoms with E-state index in [1.165, 1.54) is 6.20 Å². The van der Waals surface area contributed by atoms with Gasteiger partial charge in [-0.05, 0) is 26.3 Å². The number of nitrogen functional groups attached to an aromatic ring is 1. The van der Waals surface area contributed by atoms with Crippen molar-refractivity contribution < 1.29 is 4.79 Å². The van der Waals surface area contributed by atoms with Crippen molar-refractivity contribution in [2.75, 3.05) is 12.8 Å². The summed E-state index contributed by atoms with van der Waals surface area (Å²) in [4.78, 5) is 17.8. The van der Waals surface area contributed by atoms with E-state index < -0.39 is 0 Å². The highest BCUT2D eigenvalue weighted by atomic mass is 35.5. The van der Waals surface area contributed by atoms with Crippen LogP contribution in [-0.2, 0) is 0 Å². The molecule has 17 heavy (non-hydrogen) atoms. The molecule has 1 rings (SSSR count). The van der Waals surface area contributed by atoms with E-state index in [4.69, 9.17) is 17.3 Å². The highest BCUT2D eigenvalue weighted by Gasteiger charge is 2.26. The summed E-state index contributed by atoms with van der Waals surface area (Å²) in [7, 11) is 1.77. The largest absolute Gasteiger partial charge is 0.382 e. The van der Waals surface area contributed by atoms with E-state index in [1.54, 1.807) is 18.0 Å². The lowest BCUT2D eigenvalue weighted by molar-refractivity contribution is 0.0620. The molecule has 0 atom stereocenters. The fourth-order valence-electron chi connectivity index (χ4n) is 1.27. The zero-order chi connectivity index (χ0) is 13.2. The van der Waals surface area contributed by atoms with Crippen LogP contribution in [0.25, 0.3) is 0 Å². The fraction of sp³-hybridized carbons (Fsp3) is 0.500. The maximum Gasteiger partial charge on any atom is 0.255 e. The lowest BCUT2D eigenvalue weighted by Gasteiger charge is -2.34. The van der Waals surface area contributed by atoms with Gasteiger partial charge in [0.2, 0.25) is 0 Å². The fourth-order valence-corrected chi connectivity index (χ4v) is 1.44. The predicted molar refractivity (Wildman–Crippen MR) is 70.1 cm³/mol. The summed E-state index contributed by atoms with van der Waals surface area (Å²) >= 11 is 5.85. The average Bonchev–Trinajstić information content (AvgIpc) is 2.30. The summed E-state index contributed by atoms with van der Waals surface area (Å²) in [6.07, 6.45) is 2.32. The van der Waals surface area contributed by atoms with Crippen LogP contribution >= 0.6 is 11.6 Å². The molecule has 0 saturated heterocycles. The third-order valence-electron chi connectivity index (χ3n) is 3.19. The van der Waals surface area contributed by atoms with Crippen molar-refractivity contribution in [1.82, 2.24) is 9.88 Å². The molecular formula is C12H18ClN3O. The van der Waals surface area contributed by atoms with Crippen LogP contribution in [0, 0.1) is 0 Å². The van der Waals surface area contributed by atoms with E-state index >= 15 is 0 Å². The smallest absolute Gasteiger partial charge is 0.255 e. The second-order valence-corrected chi connectivity index (χ2v) is 5.03. The summed E-state index contributed by atoms with van der Waals surface area (Å²) in [5, 5.41) is 0.304. The Hall–Kier alpha value is -1.29. The van der Waals surface area contributed by atoms with Gasteiger partial charge in [-0.15, -0.1) is 0 Å². The van der Waals surface area contributed by atoms with Gasteiger partial charge in [0.05, 0.1) is 10.6 Å². The summed E-state index contributed by atoms with van der Waals surface area (Å²) in [5.74, 6) is 0.131. The molecule has 0 aliphatic heterocycles. The number of pyridine rings is 1. The molecule has 0 saturated carbocycles. The van der Waals surface area contributed by atoms with Crippen LogP contribution in [0.2, 0.25) is 5.02 Å². The maximum atomic E-state index is 12.2. The van der Waals surface area contributed by atoms with Crippen LogP contribution in [0.3, 0.4) is 0 Å². The summed E-state index contributed by atoms with van der Waals surface area (Å²) in [6, 6.07) is 1.55. The third-order valence-corrected chi connectivity index (χ3v) is 3.50. The van der Waals surface area contributed by atoms with Gasteiger partial charge in [0.1, 0.15) is 5.82 Å². The second kappa shape index (κ2) is 4.92. The zero-order valence-corrected chi connectivity index (χ0v) is 11.4. The number of nitrogens with two attached hydrogens (primary N) is 1. The minimum Gasteiger partial charge on any atom is -0.382 e. The van der Waals surface area contributed by atoms with E-state index in [9.17, 15) is 4.79 Å². The van der Waals surface area contributed by atoms with Crippen molar-refractivity contribution in [2.24, 2.45) is 0 Å². The highest BCUT2D eigenvalue weighted by molar-refractivity contribution is 6.33. The van der Waals surface area contributed by atoms with Gasteiger partial charge >= 0.3 is 0 Å². The molecule has 0 spiro atoms. The molecule has 0 bridgehead atoms. The molecule has 0 aliphatic carbocycles. The highest BCUT2D eigenvalue weighted by Crippen LogP contribution is 2.22. The number of anilines is 1.